The lowest BCUT2D eigenvalue weighted by molar-refractivity contribution is -0.151. The second-order valence-corrected chi connectivity index (χ2v) is 11.0. The van der Waals surface area contributed by atoms with Crippen LogP contribution in [0.4, 0.5) is 0 Å². The van der Waals surface area contributed by atoms with Crippen LogP contribution < -0.4 is 16.1 Å². The summed E-state index contributed by atoms with van der Waals surface area (Å²) in [5, 5.41) is 8.67. The summed E-state index contributed by atoms with van der Waals surface area (Å²) in [6.45, 7) is 9.46. The van der Waals surface area contributed by atoms with Crippen LogP contribution in [0.5, 0.6) is 0 Å². The van der Waals surface area contributed by atoms with Gasteiger partial charge < -0.3 is 15.4 Å². The van der Waals surface area contributed by atoms with E-state index in [4.69, 9.17) is 4.74 Å². The Morgan fingerprint density at radius 3 is 2.51 bits per heavy atom. The van der Waals surface area contributed by atoms with Crippen LogP contribution in [-0.4, -0.2) is 66.3 Å². The Kier molecular flexibility index (Phi) is 12.2. The first-order chi connectivity index (χ1) is 17.5. The maximum Gasteiger partial charge on any atom is 0.314 e. The molecular formula is C26H40N4O6S. The van der Waals surface area contributed by atoms with Crippen molar-refractivity contribution in [2.45, 2.75) is 78.3 Å². The number of esters is 1. The van der Waals surface area contributed by atoms with E-state index < -0.39 is 42.3 Å². The number of rotatable bonds is 13. The highest BCUT2D eigenvalue weighted by Crippen LogP contribution is 2.22. The van der Waals surface area contributed by atoms with E-state index >= 15 is 0 Å². The molecule has 3 amide bonds. The molecule has 11 heteroatoms. The third kappa shape index (κ3) is 9.55. The van der Waals surface area contributed by atoms with Gasteiger partial charge >= 0.3 is 5.97 Å². The molecule has 2 heterocycles. The van der Waals surface area contributed by atoms with E-state index in [0.29, 0.717) is 25.8 Å². The number of ether oxygens (including phenoxy) is 1. The molecule has 1 unspecified atom stereocenters. The minimum atomic E-state index is -0.869. The molecule has 1 saturated heterocycles. The largest absolute Gasteiger partial charge is 0.457 e. The van der Waals surface area contributed by atoms with Crippen LogP contribution in [0.1, 0.15) is 71.1 Å². The van der Waals surface area contributed by atoms with Gasteiger partial charge in [-0.15, -0.1) is 11.3 Å². The number of carbonyl (C=O) groups is 5. The highest BCUT2D eigenvalue weighted by Gasteiger charge is 2.35. The molecule has 1 aromatic rings. The van der Waals surface area contributed by atoms with Crippen LogP contribution in [0.2, 0.25) is 0 Å². The van der Waals surface area contributed by atoms with Crippen LogP contribution in [0.25, 0.3) is 0 Å². The van der Waals surface area contributed by atoms with Crippen LogP contribution in [0.15, 0.2) is 17.5 Å². The average Bonchev–Trinajstić information content (AvgIpc) is 3.39. The number of carbonyl (C=O) groups excluding carboxylic acids is 5. The summed E-state index contributed by atoms with van der Waals surface area (Å²) >= 11 is 1.44. The first-order valence-corrected chi connectivity index (χ1v) is 13.7. The van der Waals surface area contributed by atoms with Crippen LogP contribution in [0.3, 0.4) is 0 Å². The summed E-state index contributed by atoms with van der Waals surface area (Å²) < 4.78 is 5.25. The van der Waals surface area contributed by atoms with Crippen molar-refractivity contribution in [3.8, 4) is 0 Å². The van der Waals surface area contributed by atoms with Crippen molar-refractivity contribution in [2.24, 2.45) is 11.8 Å². The van der Waals surface area contributed by atoms with Crippen molar-refractivity contribution >= 4 is 40.8 Å². The van der Waals surface area contributed by atoms with Crippen LogP contribution in [0, 0.1) is 11.8 Å². The summed E-state index contributed by atoms with van der Waals surface area (Å²) in [5.41, 5.74) is 2.97. The van der Waals surface area contributed by atoms with Gasteiger partial charge in [0.2, 0.25) is 17.7 Å². The zero-order valence-electron chi connectivity index (χ0n) is 22.4. The van der Waals surface area contributed by atoms with Crippen LogP contribution >= 0.6 is 11.3 Å². The predicted molar refractivity (Wildman–Crippen MR) is 140 cm³/mol. The SMILES string of the molecule is CC(C)CC(=O)NCCC(=O)N1NCCC[C@H]1C(=O)N[C@H](C(=O)COC(=O)C(C)c1cccs1)C(C)C. The van der Waals surface area contributed by atoms with Gasteiger partial charge in [0.15, 0.2) is 12.4 Å². The topological polar surface area (TPSA) is 134 Å². The van der Waals surface area contributed by atoms with Crippen molar-refractivity contribution < 1.29 is 28.7 Å². The van der Waals surface area contributed by atoms with Crippen molar-refractivity contribution in [3.05, 3.63) is 22.4 Å². The number of nitrogens with one attached hydrogen (secondary N) is 3. The van der Waals surface area contributed by atoms with Gasteiger partial charge in [0.05, 0.1) is 12.0 Å². The lowest BCUT2D eigenvalue weighted by Crippen LogP contribution is -2.61. The number of ketones is 1. The van der Waals surface area contributed by atoms with E-state index in [1.807, 2.05) is 31.4 Å². The summed E-state index contributed by atoms with van der Waals surface area (Å²) in [4.78, 5) is 63.9. The van der Waals surface area contributed by atoms with Gasteiger partial charge in [-0.05, 0) is 43.0 Å². The molecule has 206 valence electrons. The Bertz CT molecular complexity index is 934. The number of hydrogen-bond acceptors (Lipinski definition) is 8. The summed E-state index contributed by atoms with van der Waals surface area (Å²) in [5.74, 6) is -2.31. The number of hydrogen-bond donors (Lipinski definition) is 3. The van der Waals surface area contributed by atoms with Crippen LogP contribution in [-0.2, 0) is 28.7 Å². The molecule has 37 heavy (non-hydrogen) atoms. The monoisotopic (exact) mass is 536 g/mol. The summed E-state index contributed by atoms with van der Waals surface area (Å²) in [6, 6.07) is 2.02. The van der Waals surface area contributed by atoms with Crippen molar-refractivity contribution in [2.75, 3.05) is 19.7 Å². The Morgan fingerprint density at radius 2 is 1.89 bits per heavy atom. The Balaban J connectivity index is 1.93. The van der Waals surface area contributed by atoms with E-state index in [2.05, 4.69) is 16.1 Å². The normalized spacial score (nSPS) is 17.3. The number of amides is 3. The first-order valence-electron chi connectivity index (χ1n) is 12.9. The van der Waals surface area contributed by atoms with E-state index in [9.17, 15) is 24.0 Å². The Hall–Kier alpha value is -2.79. The van der Waals surface area contributed by atoms with E-state index in [1.165, 1.54) is 16.3 Å². The van der Waals surface area contributed by atoms with Gasteiger partial charge in [0, 0.05) is 30.8 Å². The second kappa shape index (κ2) is 14.8. The van der Waals surface area contributed by atoms with Crippen molar-refractivity contribution in [1.82, 2.24) is 21.1 Å². The van der Waals surface area contributed by atoms with Crippen molar-refractivity contribution in [1.29, 1.82) is 0 Å². The van der Waals surface area contributed by atoms with Crippen molar-refractivity contribution in [3.63, 3.8) is 0 Å². The number of Topliss-reactive ketones (excluding diaryl/α,β-unsaturated/α-hetero) is 1. The molecule has 10 nitrogen and oxygen atoms in total. The number of hydrazine groups is 1. The highest BCUT2D eigenvalue weighted by atomic mass is 32.1. The predicted octanol–water partition coefficient (Wildman–Crippen LogP) is 2.15. The smallest absolute Gasteiger partial charge is 0.314 e. The summed E-state index contributed by atoms with van der Waals surface area (Å²) in [7, 11) is 0. The summed E-state index contributed by atoms with van der Waals surface area (Å²) in [6.07, 6.45) is 1.56. The number of thiophene rings is 1. The molecule has 3 N–H and O–H groups in total. The molecule has 1 fully saturated rings. The van der Waals surface area contributed by atoms with Gasteiger partial charge in [-0.2, -0.15) is 0 Å². The number of nitrogens with zero attached hydrogens (tertiary/aromatic N) is 1. The molecule has 2 rings (SSSR count). The minimum absolute atomic E-state index is 0.0472. The molecule has 0 aliphatic carbocycles. The van der Waals surface area contributed by atoms with E-state index in [-0.39, 0.29) is 36.6 Å². The van der Waals surface area contributed by atoms with Gasteiger partial charge in [-0.3, -0.25) is 29.0 Å². The molecule has 3 atom stereocenters. The molecule has 0 spiro atoms. The third-order valence-electron chi connectivity index (χ3n) is 6.07. The third-order valence-corrected chi connectivity index (χ3v) is 7.12. The van der Waals surface area contributed by atoms with E-state index in [0.717, 1.165) is 4.88 Å². The van der Waals surface area contributed by atoms with Gasteiger partial charge in [0.1, 0.15) is 6.04 Å². The zero-order valence-corrected chi connectivity index (χ0v) is 23.2. The maximum absolute atomic E-state index is 13.2. The molecule has 0 aromatic carbocycles. The standard InChI is InChI=1S/C26H40N4O6S/c1-16(2)14-22(32)27-12-10-23(33)30-19(8-6-11-28-30)25(34)29-24(17(3)4)20(31)15-36-26(35)18(5)21-9-7-13-37-21/h7,9,13,16-19,24,28H,6,8,10-12,14-15H2,1-5H3,(H,27,32)(H,29,34)/t18?,19-,24-/m0/s1. The quantitative estimate of drug-likeness (QED) is 0.329. The van der Waals surface area contributed by atoms with E-state index in [1.54, 1.807) is 20.8 Å². The molecule has 1 aromatic heterocycles. The molecular weight excluding hydrogens is 496 g/mol. The maximum atomic E-state index is 13.2. The Morgan fingerprint density at radius 1 is 1.16 bits per heavy atom. The van der Waals surface area contributed by atoms with Gasteiger partial charge in [-0.1, -0.05) is 33.8 Å². The fourth-order valence-electron chi connectivity index (χ4n) is 4.00. The van der Waals surface area contributed by atoms with Gasteiger partial charge in [0.25, 0.3) is 0 Å². The molecule has 0 bridgehead atoms. The second-order valence-electron chi connectivity index (χ2n) is 10.1. The molecule has 0 saturated carbocycles. The molecule has 1 aliphatic heterocycles. The van der Waals surface area contributed by atoms with Gasteiger partial charge in [-0.25, -0.2) is 5.43 Å². The Labute approximate surface area is 222 Å². The minimum Gasteiger partial charge on any atom is -0.457 e. The molecule has 1 aliphatic rings. The zero-order chi connectivity index (χ0) is 27.5. The fraction of sp³-hybridized carbons (Fsp3) is 0.654. The lowest BCUT2D eigenvalue weighted by atomic mass is 9.98. The average molecular weight is 537 g/mol. The highest BCUT2D eigenvalue weighted by molar-refractivity contribution is 7.10. The lowest BCUT2D eigenvalue weighted by Gasteiger charge is -2.36. The first kappa shape index (κ1) is 30.4. The molecule has 0 radical (unpaired) electrons. The fourth-order valence-corrected chi connectivity index (χ4v) is 4.77.